The number of nitrogens with zero attached hydrogens (tertiary/aromatic N) is 3. The molecule has 1 N–H and O–H groups in total. The zero-order valence-electron chi connectivity index (χ0n) is 18.1. The molecule has 0 spiro atoms. The molecule has 2 aromatic carbocycles. The van der Waals surface area contributed by atoms with Gasteiger partial charge in [0.1, 0.15) is 0 Å². The fourth-order valence-corrected chi connectivity index (χ4v) is 3.97. The van der Waals surface area contributed by atoms with Gasteiger partial charge in [0.2, 0.25) is 5.91 Å². The molecule has 2 amide bonds. The van der Waals surface area contributed by atoms with Gasteiger partial charge in [-0.2, -0.15) is 0 Å². The third-order valence-electron chi connectivity index (χ3n) is 5.80. The summed E-state index contributed by atoms with van der Waals surface area (Å²) in [6.45, 7) is 3.92. The highest BCUT2D eigenvalue weighted by molar-refractivity contribution is 5.94. The number of amides is 2. The van der Waals surface area contributed by atoms with E-state index in [1.807, 2.05) is 78.0 Å². The van der Waals surface area contributed by atoms with Gasteiger partial charge >= 0.3 is 0 Å². The lowest BCUT2D eigenvalue weighted by Crippen LogP contribution is -2.49. The standard InChI is InChI=1S/C26H28N4O2/c31-25(30-17-15-29(16-18-30)20-21-11-13-27-14-12-21)19-24(22-7-3-1-4-8-22)28-26(32)23-9-5-2-6-10-23/h1-14,24H,15-20H2,(H,28,32)/t24-/m1/s1. The largest absolute Gasteiger partial charge is 0.345 e. The van der Waals surface area contributed by atoms with Crippen LogP contribution in [0.1, 0.15) is 33.9 Å². The summed E-state index contributed by atoms with van der Waals surface area (Å²) in [7, 11) is 0. The van der Waals surface area contributed by atoms with Crippen LogP contribution < -0.4 is 5.32 Å². The summed E-state index contributed by atoms with van der Waals surface area (Å²) in [5.41, 5.74) is 2.75. The highest BCUT2D eigenvalue weighted by atomic mass is 16.2. The molecule has 6 nitrogen and oxygen atoms in total. The van der Waals surface area contributed by atoms with Gasteiger partial charge in [0, 0.05) is 50.7 Å². The molecule has 1 fully saturated rings. The van der Waals surface area contributed by atoms with Gasteiger partial charge in [-0.1, -0.05) is 48.5 Å². The minimum Gasteiger partial charge on any atom is -0.345 e. The molecule has 0 radical (unpaired) electrons. The third-order valence-corrected chi connectivity index (χ3v) is 5.80. The van der Waals surface area contributed by atoms with E-state index in [0.29, 0.717) is 18.7 Å². The minimum atomic E-state index is -0.369. The normalized spacial score (nSPS) is 15.2. The molecule has 1 aliphatic rings. The van der Waals surface area contributed by atoms with Crippen LogP contribution in [0.3, 0.4) is 0 Å². The van der Waals surface area contributed by atoms with Gasteiger partial charge in [0.05, 0.1) is 12.5 Å². The maximum atomic E-state index is 13.1. The van der Waals surface area contributed by atoms with Gasteiger partial charge in [-0.05, 0) is 35.4 Å². The van der Waals surface area contributed by atoms with Crippen molar-refractivity contribution in [1.29, 1.82) is 0 Å². The van der Waals surface area contributed by atoms with E-state index in [2.05, 4.69) is 15.2 Å². The Labute approximate surface area is 188 Å². The zero-order chi connectivity index (χ0) is 22.2. The Bertz CT molecular complexity index is 1000. The summed E-state index contributed by atoms with van der Waals surface area (Å²) in [5, 5.41) is 3.06. The first-order chi connectivity index (χ1) is 15.7. The molecule has 1 saturated heterocycles. The lowest BCUT2D eigenvalue weighted by Gasteiger charge is -2.35. The van der Waals surface area contributed by atoms with Gasteiger partial charge in [-0.3, -0.25) is 19.5 Å². The number of hydrogen-bond acceptors (Lipinski definition) is 4. The molecule has 2 heterocycles. The zero-order valence-corrected chi connectivity index (χ0v) is 18.1. The van der Waals surface area contributed by atoms with Gasteiger partial charge < -0.3 is 10.2 Å². The third kappa shape index (κ3) is 5.80. The van der Waals surface area contributed by atoms with Crippen molar-refractivity contribution >= 4 is 11.8 Å². The number of carbonyl (C=O) groups excluding carboxylic acids is 2. The number of rotatable bonds is 7. The maximum Gasteiger partial charge on any atom is 0.251 e. The first-order valence-corrected chi connectivity index (χ1v) is 11.0. The Morgan fingerprint density at radius 3 is 2.12 bits per heavy atom. The molecule has 6 heteroatoms. The Balaban J connectivity index is 1.37. The van der Waals surface area contributed by atoms with Crippen LogP contribution in [0.25, 0.3) is 0 Å². The summed E-state index contributed by atoms with van der Waals surface area (Å²) < 4.78 is 0. The van der Waals surface area contributed by atoms with Crippen LogP contribution in [-0.4, -0.2) is 52.8 Å². The average Bonchev–Trinajstić information content (AvgIpc) is 2.85. The quantitative estimate of drug-likeness (QED) is 0.627. The molecule has 0 bridgehead atoms. The molecular weight excluding hydrogens is 400 g/mol. The molecule has 0 saturated carbocycles. The van der Waals surface area contributed by atoms with E-state index in [4.69, 9.17) is 0 Å². The van der Waals surface area contributed by atoms with E-state index in [1.165, 1.54) is 5.56 Å². The predicted octanol–water partition coefficient (Wildman–Crippen LogP) is 3.29. The highest BCUT2D eigenvalue weighted by Gasteiger charge is 2.25. The van der Waals surface area contributed by atoms with E-state index >= 15 is 0 Å². The second-order valence-electron chi connectivity index (χ2n) is 8.02. The van der Waals surface area contributed by atoms with Gasteiger partial charge in [-0.15, -0.1) is 0 Å². The number of hydrogen-bond donors (Lipinski definition) is 1. The fourth-order valence-electron chi connectivity index (χ4n) is 3.97. The lowest BCUT2D eigenvalue weighted by atomic mass is 10.0. The van der Waals surface area contributed by atoms with Gasteiger partial charge in [-0.25, -0.2) is 0 Å². The summed E-state index contributed by atoms with van der Waals surface area (Å²) in [4.78, 5) is 34.2. The number of piperazine rings is 1. The first-order valence-electron chi connectivity index (χ1n) is 11.0. The van der Waals surface area contributed by atoms with E-state index in [-0.39, 0.29) is 24.3 Å². The van der Waals surface area contributed by atoms with Crippen molar-refractivity contribution in [3.8, 4) is 0 Å². The van der Waals surface area contributed by atoms with Gasteiger partial charge in [0.15, 0.2) is 0 Å². The first kappa shape index (κ1) is 21.7. The minimum absolute atomic E-state index is 0.0655. The van der Waals surface area contributed by atoms with Gasteiger partial charge in [0.25, 0.3) is 5.91 Å². The van der Waals surface area contributed by atoms with Crippen LogP contribution in [0, 0.1) is 0 Å². The second-order valence-corrected chi connectivity index (χ2v) is 8.02. The molecule has 0 unspecified atom stereocenters. The van der Waals surface area contributed by atoms with Crippen molar-refractivity contribution in [3.05, 3.63) is 102 Å². The Kier molecular flexibility index (Phi) is 7.25. The van der Waals surface area contributed by atoms with Crippen molar-refractivity contribution < 1.29 is 9.59 Å². The van der Waals surface area contributed by atoms with Crippen molar-refractivity contribution in [2.75, 3.05) is 26.2 Å². The van der Waals surface area contributed by atoms with E-state index in [0.717, 1.165) is 25.2 Å². The van der Waals surface area contributed by atoms with Crippen molar-refractivity contribution in [3.63, 3.8) is 0 Å². The Morgan fingerprint density at radius 2 is 1.47 bits per heavy atom. The molecule has 1 atom stereocenters. The van der Waals surface area contributed by atoms with Crippen molar-refractivity contribution in [2.24, 2.45) is 0 Å². The van der Waals surface area contributed by atoms with Crippen molar-refractivity contribution in [2.45, 2.75) is 19.0 Å². The number of nitrogens with one attached hydrogen (secondary N) is 1. The van der Waals surface area contributed by atoms with Crippen LogP contribution in [0.4, 0.5) is 0 Å². The van der Waals surface area contributed by atoms with E-state index < -0.39 is 0 Å². The van der Waals surface area contributed by atoms with E-state index in [9.17, 15) is 9.59 Å². The van der Waals surface area contributed by atoms with Crippen LogP contribution in [0.15, 0.2) is 85.2 Å². The second kappa shape index (κ2) is 10.7. The Morgan fingerprint density at radius 1 is 0.844 bits per heavy atom. The van der Waals surface area contributed by atoms with Crippen molar-refractivity contribution in [1.82, 2.24) is 20.1 Å². The van der Waals surface area contributed by atoms with Crippen LogP contribution in [0.5, 0.6) is 0 Å². The van der Waals surface area contributed by atoms with Crippen LogP contribution in [0.2, 0.25) is 0 Å². The van der Waals surface area contributed by atoms with Crippen LogP contribution >= 0.6 is 0 Å². The smallest absolute Gasteiger partial charge is 0.251 e. The predicted molar refractivity (Wildman–Crippen MR) is 124 cm³/mol. The summed E-state index contributed by atoms with van der Waals surface area (Å²) >= 11 is 0. The lowest BCUT2D eigenvalue weighted by molar-refractivity contribution is -0.133. The summed E-state index contributed by atoms with van der Waals surface area (Å²) in [5.74, 6) is -0.106. The highest BCUT2D eigenvalue weighted by Crippen LogP contribution is 2.20. The molecule has 4 rings (SSSR count). The molecule has 3 aromatic rings. The number of pyridine rings is 1. The molecule has 1 aromatic heterocycles. The molecule has 32 heavy (non-hydrogen) atoms. The monoisotopic (exact) mass is 428 g/mol. The SMILES string of the molecule is O=C(N[C@H](CC(=O)N1CCN(Cc2ccncc2)CC1)c1ccccc1)c1ccccc1. The van der Waals surface area contributed by atoms with E-state index in [1.54, 1.807) is 12.1 Å². The number of carbonyl (C=O) groups is 2. The molecule has 1 aliphatic heterocycles. The Hall–Kier alpha value is -3.51. The molecule has 0 aliphatic carbocycles. The molecule has 164 valence electrons. The fraction of sp³-hybridized carbons (Fsp3) is 0.269. The molecular formula is C26H28N4O2. The van der Waals surface area contributed by atoms with Crippen LogP contribution in [-0.2, 0) is 11.3 Å². The maximum absolute atomic E-state index is 13.1. The number of aromatic nitrogens is 1. The average molecular weight is 429 g/mol. The number of benzene rings is 2. The topological polar surface area (TPSA) is 65.5 Å². The summed E-state index contributed by atoms with van der Waals surface area (Å²) in [6.07, 6.45) is 3.86. The summed E-state index contributed by atoms with van der Waals surface area (Å²) in [6, 6.07) is 22.5.